The van der Waals surface area contributed by atoms with Crippen molar-refractivity contribution >= 4 is 19.7 Å². The molecule has 0 radical (unpaired) electrons. The molecule has 3 atom stereocenters. The third-order valence-electron chi connectivity index (χ3n) is 13.8. The summed E-state index contributed by atoms with van der Waals surface area (Å²) >= 11 is 0. The van der Waals surface area contributed by atoms with Crippen LogP contribution in [-0.2, 0) is 27.9 Å². The fourth-order valence-corrected chi connectivity index (χ4v) is 9.66. The number of likely N-dealkylation sites (N-methyl/N-ethyl adjacent to an activating group) is 1. The van der Waals surface area contributed by atoms with Crippen LogP contribution in [0.1, 0.15) is 278 Å². The first kappa shape index (κ1) is 74.2. The second kappa shape index (κ2) is 56.5. The van der Waals surface area contributed by atoms with Crippen LogP contribution < -0.4 is 10.2 Å². The summed E-state index contributed by atoms with van der Waals surface area (Å²) in [7, 11) is 1.17. The smallest absolute Gasteiger partial charge is 0.306 e. The van der Waals surface area contributed by atoms with Gasteiger partial charge in [-0.15, -0.1) is 0 Å². The largest absolute Gasteiger partial charge is 0.756 e. The van der Waals surface area contributed by atoms with Crippen LogP contribution in [0.4, 0.5) is 0 Å². The first-order valence-electron chi connectivity index (χ1n) is 31.9. The molecule has 77 heavy (non-hydrogen) atoms. The zero-order valence-corrected chi connectivity index (χ0v) is 51.8. The molecule has 3 unspecified atom stereocenters. The lowest BCUT2D eigenvalue weighted by Gasteiger charge is -2.30. The van der Waals surface area contributed by atoms with Crippen LogP contribution in [0.5, 0.6) is 0 Å². The SMILES string of the molecule is CC/C=C\C/C=C\C/C=C\C/C=C\C/C=C\C/C=C\CCCCCCCCC(=O)OC(/C=C/CCCCCCCCCCC)C(COP(=O)([O-])OCC[N+](C)(C)C)NC(=O)CCCCCCCCCCCCCCCCC. The highest BCUT2D eigenvalue weighted by molar-refractivity contribution is 7.45. The minimum Gasteiger partial charge on any atom is -0.756 e. The summed E-state index contributed by atoms with van der Waals surface area (Å²) in [5.74, 6) is -0.555. The molecule has 0 aromatic rings. The Morgan fingerprint density at radius 3 is 1.25 bits per heavy atom. The Bertz CT molecular complexity index is 1590. The number of rotatable bonds is 57. The second-order valence-electron chi connectivity index (χ2n) is 22.5. The maximum absolute atomic E-state index is 13.5. The van der Waals surface area contributed by atoms with Crippen molar-refractivity contribution in [1.29, 1.82) is 0 Å². The van der Waals surface area contributed by atoms with Gasteiger partial charge >= 0.3 is 5.97 Å². The highest BCUT2D eigenvalue weighted by atomic mass is 31.2. The van der Waals surface area contributed by atoms with E-state index in [2.05, 4.69) is 99.0 Å². The number of carbonyl (C=O) groups is 2. The van der Waals surface area contributed by atoms with E-state index < -0.39 is 26.6 Å². The van der Waals surface area contributed by atoms with Crippen molar-refractivity contribution in [3.63, 3.8) is 0 Å². The van der Waals surface area contributed by atoms with E-state index in [1.54, 1.807) is 0 Å². The van der Waals surface area contributed by atoms with Gasteiger partial charge in [0.1, 0.15) is 19.3 Å². The van der Waals surface area contributed by atoms with Crippen LogP contribution in [0.2, 0.25) is 0 Å². The van der Waals surface area contributed by atoms with E-state index >= 15 is 0 Å². The molecule has 0 saturated heterocycles. The number of nitrogens with zero attached hydrogens (tertiary/aromatic N) is 1. The Labute approximate surface area is 476 Å². The molecule has 9 nitrogen and oxygen atoms in total. The van der Waals surface area contributed by atoms with Crippen LogP contribution in [-0.4, -0.2) is 69.4 Å². The Hall–Kier alpha value is -2.81. The van der Waals surface area contributed by atoms with Crippen LogP contribution in [0.25, 0.3) is 0 Å². The third-order valence-corrected chi connectivity index (χ3v) is 14.8. The standard InChI is InChI=1S/C67H121N2O7P/c1-7-10-13-16-19-22-25-27-29-30-31-32-33-34-35-36-37-38-40-42-45-48-51-54-57-60-67(71)76-65(58-55-52-49-46-43-24-21-18-15-12-9-3)64(63-75-77(72,73)74-62-61-69(4,5)6)68-66(70)59-56-53-50-47-44-41-39-28-26-23-20-17-14-11-8-2/h10,13,19,22,27,29,31-32,34-35,37-38,55,58,64-65H,7-9,11-12,14-18,20-21,23-26,28,30,33,36,39-54,56-57,59-63H2,1-6H3,(H-,68,70,72,73)/b13-10-,22-19-,29-27-,32-31-,35-34-,38-37-,58-55+. The molecule has 0 aromatic heterocycles. The second-order valence-corrected chi connectivity index (χ2v) is 23.9. The van der Waals surface area contributed by atoms with Gasteiger partial charge in [0, 0.05) is 12.8 Å². The van der Waals surface area contributed by atoms with Gasteiger partial charge in [-0.05, 0) is 83.1 Å². The Morgan fingerprint density at radius 1 is 0.468 bits per heavy atom. The zero-order chi connectivity index (χ0) is 56.4. The normalized spacial score (nSPS) is 14.2. The van der Waals surface area contributed by atoms with Crippen molar-refractivity contribution in [3.8, 4) is 0 Å². The Morgan fingerprint density at radius 2 is 0.831 bits per heavy atom. The van der Waals surface area contributed by atoms with E-state index in [-0.39, 0.29) is 24.9 Å². The summed E-state index contributed by atoms with van der Waals surface area (Å²) in [6.07, 6.45) is 74.1. The van der Waals surface area contributed by atoms with Crippen molar-refractivity contribution in [2.75, 3.05) is 40.9 Å². The molecule has 446 valence electrons. The molecule has 0 heterocycles. The lowest BCUT2D eigenvalue weighted by molar-refractivity contribution is -0.870. The van der Waals surface area contributed by atoms with Crippen molar-refractivity contribution in [2.24, 2.45) is 0 Å². The lowest BCUT2D eigenvalue weighted by Crippen LogP contribution is -2.47. The summed E-state index contributed by atoms with van der Waals surface area (Å²) in [5.41, 5.74) is 0. The van der Waals surface area contributed by atoms with Crippen LogP contribution in [0.15, 0.2) is 85.1 Å². The zero-order valence-electron chi connectivity index (χ0n) is 50.9. The van der Waals surface area contributed by atoms with Crippen LogP contribution in [0.3, 0.4) is 0 Å². The van der Waals surface area contributed by atoms with E-state index in [4.69, 9.17) is 13.8 Å². The van der Waals surface area contributed by atoms with E-state index in [0.29, 0.717) is 23.9 Å². The maximum Gasteiger partial charge on any atom is 0.306 e. The van der Waals surface area contributed by atoms with Gasteiger partial charge in [-0.3, -0.25) is 14.2 Å². The maximum atomic E-state index is 13.5. The molecule has 0 spiro atoms. The summed E-state index contributed by atoms with van der Waals surface area (Å²) in [6, 6.07) is -0.896. The van der Waals surface area contributed by atoms with Gasteiger partial charge in [-0.25, -0.2) is 0 Å². The molecule has 0 saturated carbocycles. The van der Waals surface area contributed by atoms with Gasteiger partial charge in [0.15, 0.2) is 0 Å². The number of hydrogen-bond donors (Lipinski definition) is 1. The monoisotopic (exact) mass is 1100 g/mol. The molecule has 0 bridgehead atoms. The molecule has 10 heteroatoms. The molecular formula is C67H121N2O7P. The average molecular weight is 1100 g/mol. The quantitative estimate of drug-likeness (QED) is 0.0212. The fourth-order valence-electron chi connectivity index (χ4n) is 8.94. The lowest BCUT2D eigenvalue weighted by atomic mass is 10.0. The summed E-state index contributed by atoms with van der Waals surface area (Å²) in [4.78, 5) is 40.0. The van der Waals surface area contributed by atoms with Gasteiger partial charge in [0.25, 0.3) is 7.82 Å². The topological polar surface area (TPSA) is 114 Å². The molecule has 0 aliphatic heterocycles. The number of quaternary nitrogens is 1. The first-order valence-corrected chi connectivity index (χ1v) is 33.4. The summed E-state index contributed by atoms with van der Waals surface area (Å²) in [6.45, 7) is 6.72. The number of allylic oxidation sites excluding steroid dienone is 13. The molecule has 0 fully saturated rings. The first-order chi connectivity index (χ1) is 37.4. The molecule has 0 aromatic carbocycles. The van der Waals surface area contributed by atoms with Crippen molar-refractivity contribution in [3.05, 3.63) is 85.1 Å². The molecule has 0 rings (SSSR count). The number of amides is 1. The van der Waals surface area contributed by atoms with Crippen molar-refractivity contribution in [2.45, 2.75) is 290 Å². The third kappa shape index (κ3) is 57.7. The minimum absolute atomic E-state index is 0.0268. The van der Waals surface area contributed by atoms with Gasteiger partial charge < -0.3 is 28.5 Å². The van der Waals surface area contributed by atoms with E-state index in [1.165, 1.54) is 122 Å². The average Bonchev–Trinajstić information content (AvgIpc) is 3.39. The Kier molecular flexibility index (Phi) is 54.4. The molecule has 0 aliphatic rings. The van der Waals surface area contributed by atoms with Crippen LogP contribution >= 0.6 is 7.82 Å². The summed E-state index contributed by atoms with van der Waals surface area (Å²) < 4.78 is 30.3. The number of carbonyl (C=O) groups excluding carboxylic acids is 2. The van der Waals surface area contributed by atoms with Gasteiger partial charge in [0.05, 0.1) is 33.8 Å². The molecule has 0 aliphatic carbocycles. The Balaban J connectivity index is 5.16. The number of esters is 1. The highest BCUT2D eigenvalue weighted by Gasteiger charge is 2.27. The molecular weight excluding hydrogens is 976 g/mol. The number of unbranched alkanes of at least 4 members (excludes halogenated alkanes) is 29. The summed E-state index contributed by atoms with van der Waals surface area (Å²) in [5, 5.41) is 3.03. The van der Waals surface area contributed by atoms with Gasteiger partial charge in [-0.1, -0.05) is 267 Å². The predicted molar refractivity (Wildman–Crippen MR) is 330 cm³/mol. The number of phosphoric acid groups is 1. The minimum atomic E-state index is -4.70. The van der Waals surface area contributed by atoms with E-state index in [0.717, 1.165) is 116 Å². The van der Waals surface area contributed by atoms with Gasteiger partial charge in [-0.2, -0.15) is 0 Å². The van der Waals surface area contributed by atoms with E-state index in [9.17, 15) is 19.0 Å². The molecule has 1 amide bonds. The van der Waals surface area contributed by atoms with Crippen LogP contribution in [0, 0.1) is 0 Å². The van der Waals surface area contributed by atoms with Crippen molar-refractivity contribution < 1.29 is 37.3 Å². The number of nitrogens with one attached hydrogen (secondary N) is 1. The van der Waals surface area contributed by atoms with Gasteiger partial charge in [0.2, 0.25) is 5.91 Å². The number of phosphoric ester groups is 1. The van der Waals surface area contributed by atoms with E-state index in [1.807, 2.05) is 33.3 Å². The number of ether oxygens (including phenoxy) is 1. The fraction of sp³-hybridized carbons (Fsp3) is 0.761. The van der Waals surface area contributed by atoms with Crippen molar-refractivity contribution in [1.82, 2.24) is 5.32 Å². The highest BCUT2D eigenvalue weighted by Crippen LogP contribution is 2.38. The predicted octanol–water partition coefficient (Wildman–Crippen LogP) is 19.1. The molecule has 1 N–H and O–H groups in total. The number of hydrogen-bond acceptors (Lipinski definition) is 7.